The highest BCUT2D eigenvalue weighted by atomic mass is 16.5. The number of aryl methyl sites for hydroxylation is 1. The minimum Gasteiger partial charge on any atom is -0.360 e. The summed E-state index contributed by atoms with van der Waals surface area (Å²) in [6.45, 7) is 2.49. The summed E-state index contributed by atoms with van der Waals surface area (Å²) in [6.07, 6.45) is 4.15. The SMILES string of the molecule is Cc1ccccc1/C=C1/C(=O)N(c2ccccc2)C(=O)C12CCCCO2. The Morgan fingerprint density at radius 1 is 1.00 bits per heavy atom. The van der Waals surface area contributed by atoms with Crippen LogP contribution in [0, 0.1) is 6.92 Å². The molecule has 2 amide bonds. The Balaban J connectivity index is 1.86. The van der Waals surface area contributed by atoms with Gasteiger partial charge in [-0.1, -0.05) is 42.5 Å². The van der Waals surface area contributed by atoms with Crippen molar-refractivity contribution in [3.8, 4) is 0 Å². The van der Waals surface area contributed by atoms with E-state index in [0.717, 1.165) is 24.0 Å². The highest BCUT2D eigenvalue weighted by molar-refractivity contribution is 6.33. The van der Waals surface area contributed by atoms with Crippen LogP contribution < -0.4 is 4.90 Å². The Kier molecular flexibility index (Phi) is 4.21. The molecular formula is C22H21NO3. The number of carbonyl (C=O) groups is 2. The molecular weight excluding hydrogens is 326 g/mol. The lowest BCUT2D eigenvalue weighted by molar-refractivity contribution is -0.140. The summed E-state index contributed by atoms with van der Waals surface area (Å²) in [5, 5.41) is 0. The van der Waals surface area contributed by atoms with Crippen molar-refractivity contribution in [3.63, 3.8) is 0 Å². The first-order chi connectivity index (χ1) is 12.6. The third-order valence-electron chi connectivity index (χ3n) is 5.19. The fourth-order valence-electron chi connectivity index (χ4n) is 3.75. The number of rotatable bonds is 2. The van der Waals surface area contributed by atoms with Crippen LogP contribution in [-0.4, -0.2) is 24.0 Å². The Hall–Kier alpha value is -2.72. The smallest absolute Gasteiger partial charge is 0.271 e. The molecule has 0 aromatic heterocycles. The largest absolute Gasteiger partial charge is 0.360 e. The number of hydrogen-bond acceptors (Lipinski definition) is 3. The molecule has 132 valence electrons. The Bertz CT molecular complexity index is 879. The van der Waals surface area contributed by atoms with Crippen molar-refractivity contribution in [3.05, 3.63) is 71.3 Å². The minimum absolute atomic E-state index is 0.270. The molecule has 2 fully saturated rings. The minimum atomic E-state index is -1.16. The molecule has 4 nitrogen and oxygen atoms in total. The number of hydrogen-bond donors (Lipinski definition) is 0. The first kappa shape index (κ1) is 16.7. The number of nitrogens with zero attached hydrogens (tertiary/aromatic N) is 1. The average Bonchev–Trinajstić information content (AvgIpc) is 2.86. The number of benzene rings is 2. The van der Waals surface area contributed by atoms with Gasteiger partial charge in [0.05, 0.1) is 11.3 Å². The summed E-state index contributed by atoms with van der Waals surface area (Å²) in [4.78, 5) is 27.9. The summed E-state index contributed by atoms with van der Waals surface area (Å²) in [7, 11) is 0. The van der Waals surface area contributed by atoms with E-state index in [-0.39, 0.29) is 11.8 Å². The molecule has 2 aromatic rings. The van der Waals surface area contributed by atoms with Crippen LogP contribution in [0.3, 0.4) is 0 Å². The molecule has 0 radical (unpaired) electrons. The highest BCUT2D eigenvalue weighted by Crippen LogP contribution is 2.42. The molecule has 2 saturated heterocycles. The van der Waals surface area contributed by atoms with Gasteiger partial charge in [-0.25, -0.2) is 4.90 Å². The van der Waals surface area contributed by atoms with Crippen LogP contribution in [-0.2, 0) is 14.3 Å². The Morgan fingerprint density at radius 2 is 1.73 bits per heavy atom. The van der Waals surface area contributed by atoms with Crippen LogP contribution in [0.2, 0.25) is 0 Å². The number of anilines is 1. The second kappa shape index (κ2) is 6.54. The number of imide groups is 1. The van der Waals surface area contributed by atoms with E-state index < -0.39 is 5.60 Å². The van der Waals surface area contributed by atoms with Crippen molar-refractivity contribution in [2.45, 2.75) is 31.8 Å². The zero-order valence-corrected chi connectivity index (χ0v) is 14.8. The van der Waals surface area contributed by atoms with Crippen molar-refractivity contribution < 1.29 is 14.3 Å². The first-order valence-electron chi connectivity index (χ1n) is 8.99. The molecule has 0 bridgehead atoms. The van der Waals surface area contributed by atoms with Crippen LogP contribution in [0.15, 0.2) is 60.2 Å². The number of para-hydroxylation sites is 1. The molecule has 2 aliphatic heterocycles. The van der Waals surface area contributed by atoms with Crippen LogP contribution >= 0.6 is 0 Å². The summed E-state index contributed by atoms with van der Waals surface area (Å²) in [5.41, 5.74) is 1.87. The van der Waals surface area contributed by atoms with Gasteiger partial charge in [-0.15, -0.1) is 0 Å². The fourth-order valence-corrected chi connectivity index (χ4v) is 3.75. The number of ether oxygens (including phenoxy) is 1. The quantitative estimate of drug-likeness (QED) is 0.612. The molecule has 26 heavy (non-hydrogen) atoms. The van der Waals surface area contributed by atoms with Crippen LogP contribution in [0.1, 0.15) is 30.4 Å². The van der Waals surface area contributed by atoms with Gasteiger partial charge >= 0.3 is 0 Å². The van der Waals surface area contributed by atoms with Crippen LogP contribution in [0.25, 0.3) is 6.08 Å². The molecule has 1 spiro atoms. The van der Waals surface area contributed by atoms with Gasteiger partial charge in [0, 0.05) is 6.61 Å². The zero-order chi connectivity index (χ0) is 18.1. The van der Waals surface area contributed by atoms with E-state index in [1.54, 1.807) is 12.1 Å². The molecule has 4 rings (SSSR count). The van der Waals surface area contributed by atoms with Crippen LogP contribution in [0.4, 0.5) is 5.69 Å². The van der Waals surface area contributed by atoms with Gasteiger partial charge in [0.2, 0.25) is 0 Å². The number of amides is 2. The van der Waals surface area contributed by atoms with Crippen LogP contribution in [0.5, 0.6) is 0 Å². The van der Waals surface area contributed by atoms with Crippen molar-refractivity contribution in [2.75, 3.05) is 11.5 Å². The Labute approximate surface area is 153 Å². The van der Waals surface area contributed by atoms with Gasteiger partial charge in [0.1, 0.15) is 0 Å². The molecule has 2 heterocycles. The second-order valence-electron chi connectivity index (χ2n) is 6.83. The predicted octanol–water partition coefficient (Wildman–Crippen LogP) is 3.89. The molecule has 2 aliphatic rings. The van der Waals surface area contributed by atoms with Crippen molar-refractivity contribution >= 4 is 23.6 Å². The van der Waals surface area contributed by atoms with Gasteiger partial charge in [-0.3, -0.25) is 9.59 Å². The lowest BCUT2D eigenvalue weighted by Crippen LogP contribution is -2.45. The predicted molar refractivity (Wildman–Crippen MR) is 101 cm³/mol. The maximum Gasteiger partial charge on any atom is 0.271 e. The summed E-state index contributed by atoms with van der Waals surface area (Å²) in [5.74, 6) is -0.556. The van der Waals surface area contributed by atoms with Gasteiger partial charge in [-0.05, 0) is 55.5 Å². The molecule has 2 aromatic carbocycles. The molecule has 0 saturated carbocycles. The van der Waals surface area contributed by atoms with Crippen molar-refractivity contribution in [2.24, 2.45) is 0 Å². The maximum absolute atomic E-state index is 13.3. The highest BCUT2D eigenvalue weighted by Gasteiger charge is 2.57. The molecule has 1 unspecified atom stereocenters. The van der Waals surface area contributed by atoms with E-state index in [1.165, 1.54) is 4.90 Å². The standard InChI is InChI=1S/C22H21NO3/c1-16-9-5-6-10-17(16)15-19-20(24)23(18-11-3-2-4-12-18)21(25)22(19)13-7-8-14-26-22/h2-6,9-12,15H,7-8,13-14H2,1H3/b19-15-. The Morgan fingerprint density at radius 3 is 2.42 bits per heavy atom. The molecule has 1 atom stereocenters. The van der Waals surface area contributed by atoms with Gasteiger partial charge in [-0.2, -0.15) is 0 Å². The van der Waals surface area contributed by atoms with E-state index in [2.05, 4.69) is 0 Å². The first-order valence-corrected chi connectivity index (χ1v) is 8.99. The lowest BCUT2D eigenvalue weighted by Gasteiger charge is -2.32. The van der Waals surface area contributed by atoms with Gasteiger partial charge in [0.25, 0.3) is 11.8 Å². The van der Waals surface area contributed by atoms with Gasteiger partial charge < -0.3 is 4.74 Å². The normalized spacial score (nSPS) is 24.7. The molecule has 0 aliphatic carbocycles. The van der Waals surface area contributed by atoms with Gasteiger partial charge in [0.15, 0.2) is 5.60 Å². The van der Waals surface area contributed by atoms with Crippen molar-refractivity contribution in [1.29, 1.82) is 0 Å². The van der Waals surface area contributed by atoms with E-state index in [4.69, 9.17) is 4.74 Å². The monoisotopic (exact) mass is 347 g/mol. The maximum atomic E-state index is 13.3. The topological polar surface area (TPSA) is 46.6 Å². The summed E-state index contributed by atoms with van der Waals surface area (Å²) < 4.78 is 6.01. The molecule has 4 heteroatoms. The van der Waals surface area contributed by atoms with E-state index in [9.17, 15) is 9.59 Å². The third kappa shape index (κ3) is 2.58. The molecule has 0 N–H and O–H groups in total. The fraction of sp³-hybridized carbons (Fsp3) is 0.273. The third-order valence-corrected chi connectivity index (χ3v) is 5.19. The van der Waals surface area contributed by atoms with E-state index >= 15 is 0 Å². The van der Waals surface area contributed by atoms with Crippen molar-refractivity contribution in [1.82, 2.24) is 0 Å². The summed E-state index contributed by atoms with van der Waals surface area (Å²) >= 11 is 0. The lowest BCUT2D eigenvalue weighted by atomic mass is 9.86. The van der Waals surface area contributed by atoms with E-state index in [0.29, 0.717) is 24.3 Å². The summed E-state index contributed by atoms with van der Waals surface area (Å²) in [6, 6.07) is 16.9. The second-order valence-corrected chi connectivity index (χ2v) is 6.83. The number of carbonyl (C=O) groups excluding carboxylic acids is 2. The van der Waals surface area contributed by atoms with E-state index in [1.807, 2.05) is 55.5 Å². The average molecular weight is 347 g/mol. The zero-order valence-electron chi connectivity index (χ0n) is 14.8.